The highest BCUT2D eigenvalue weighted by Crippen LogP contribution is 2.36. The Kier molecular flexibility index (Phi) is 3.75. The van der Waals surface area contributed by atoms with Crippen LogP contribution < -0.4 is 15.2 Å². The number of ether oxygens (including phenoxy) is 2. The molecule has 0 aliphatic carbocycles. The molecule has 0 atom stereocenters. The number of benzene rings is 1. The number of nitrogens with two attached hydrogens (primary N) is 1. The zero-order valence-corrected chi connectivity index (χ0v) is 12.0. The third-order valence-electron chi connectivity index (χ3n) is 3.32. The topological polar surface area (TPSA) is 104 Å². The SMILES string of the molecule is COc1cc(OC)c2c(c1)c(C)c(C(=O)O)n2CC(N)=O. The van der Waals surface area contributed by atoms with Gasteiger partial charge in [-0.25, -0.2) is 4.79 Å². The molecule has 0 unspecified atom stereocenters. The van der Waals surface area contributed by atoms with Crippen LogP contribution in [0.25, 0.3) is 10.9 Å². The van der Waals surface area contributed by atoms with Crippen LogP contribution in [0.2, 0.25) is 0 Å². The van der Waals surface area contributed by atoms with Crippen LogP contribution in [-0.4, -0.2) is 35.8 Å². The van der Waals surface area contributed by atoms with Gasteiger partial charge in [0, 0.05) is 11.5 Å². The first-order valence-electron chi connectivity index (χ1n) is 6.17. The van der Waals surface area contributed by atoms with Gasteiger partial charge >= 0.3 is 5.97 Å². The van der Waals surface area contributed by atoms with E-state index in [4.69, 9.17) is 15.2 Å². The fourth-order valence-corrected chi connectivity index (χ4v) is 2.45. The third-order valence-corrected chi connectivity index (χ3v) is 3.32. The number of aromatic nitrogens is 1. The Hall–Kier alpha value is -2.70. The molecule has 0 bridgehead atoms. The summed E-state index contributed by atoms with van der Waals surface area (Å²) in [7, 11) is 2.97. The summed E-state index contributed by atoms with van der Waals surface area (Å²) in [5.74, 6) is -0.810. The van der Waals surface area contributed by atoms with Crippen molar-refractivity contribution < 1.29 is 24.2 Å². The number of aromatic carboxylic acids is 1. The molecule has 3 N–H and O–H groups in total. The minimum absolute atomic E-state index is 0.00959. The number of hydrogen-bond acceptors (Lipinski definition) is 4. The molecule has 1 amide bonds. The van der Waals surface area contributed by atoms with Crippen LogP contribution in [0.1, 0.15) is 16.1 Å². The van der Waals surface area contributed by atoms with Gasteiger partial charge in [0.1, 0.15) is 23.7 Å². The van der Waals surface area contributed by atoms with Crippen LogP contribution in [0, 0.1) is 6.92 Å². The summed E-state index contributed by atoms with van der Waals surface area (Å²) >= 11 is 0. The highest BCUT2D eigenvalue weighted by molar-refractivity contribution is 6.01. The second-order valence-electron chi connectivity index (χ2n) is 4.56. The second kappa shape index (κ2) is 5.35. The maximum Gasteiger partial charge on any atom is 0.352 e. The highest BCUT2D eigenvalue weighted by Gasteiger charge is 2.23. The molecule has 0 saturated heterocycles. The zero-order valence-electron chi connectivity index (χ0n) is 12.0. The largest absolute Gasteiger partial charge is 0.497 e. The Morgan fingerprint density at radius 1 is 1.29 bits per heavy atom. The van der Waals surface area contributed by atoms with Crippen molar-refractivity contribution >= 4 is 22.8 Å². The van der Waals surface area contributed by atoms with Crippen LogP contribution in [0.3, 0.4) is 0 Å². The van der Waals surface area contributed by atoms with E-state index in [1.165, 1.54) is 18.8 Å². The van der Waals surface area contributed by atoms with Crippen molar-refractivity contribution in [2.75, 3.05) is 14.2 Å². The van der Waals surface area contributed by atoms with E-state index in [0.717, 1.165) is 0 Å². The molecule has 0 aliphatic heterocycles. The van der Waals surface area contributed by atoms with Crippen LogP contribution >= 0.6 is 0 Å². The summed E-state index contributed by atoms with van der Waals surface area (Å²) in [5, 5.41) is 10.0. The minimum Gasteiger partial charge on any atom is -0.497 e. The predicted octanol–water partition coefficient (Wildman–Crippen LogP) is 1.15. The van der Waals surface area contributed by atoms with Crippen LogP contribution in [-0.2, 0) is 11.3 Å². The Morgan fingerprint density at radius 2 is 1.95 bits per heavy atom. The standard InChI is InChI=1S/C14H16N2O5/c1-7-9-4-8(20-2)5-10(21-3)13(9)16(6-11(15)17)12(7)14(18)19/h4-5H,6H2,1-3H3,(H2,15,17)(H,18,19). The first kappa shape index (κ1) is 14.7. The van der Waals surface area contributed by atoms with Crippen LogP contribution in [0.15, 0.2) is 12.1 Å². The van der Waals surface area contributed by atoms with E-state index in [2.05, 4.69) is 0 Å². The molecule has 1 aromatic heterocycles. The number of carboxylic acid groups (broad SMARTS) is 1. The molecule has 112 valence electrons. The summed E-state index contributed by atoms with van der Waals surface area (Å²) < 4.78 is 11.8. The van der Waals surface area contributed by atoms with Crippen molar-refractivity contribution in [2.45, 2.75) is 13.5 Å². The number of carboxylic acids is 1. The molecule has 0 radical (unpaired) electrons. The Balaban J connectivity index is 2.92. The van der Waals surface area contributed by atoms with E-state index in [1.54, 1.807) is 19.1 Å². The minimum atomic E-state index is -1.13. The van der Waals surface area contributed by atoms with Gasteiger partial charge in [-0.2, -0.15) is 0 Å². The molecule has 1 heterocycles. The Labute approximate surface area is 120 Å². The Morgan fingerprint density at radius 3 is 2.43 bits per heavy atom. The maximum atomic E-state index is 11.5. The van der Waals surface area contributed by atoms with Crippen molar-refractivity contribution in [1.29, 1.82) is 0 Å². The van der Waals surface area contributed by atoms with E-state index in [0.29, 0.717) is 28.0 Å². The van der Waals surface area contributed by atoms with Gasteiger partial charge in [-0.3, -0.25) is 4.79 Å². The summed E-state index contributed by atoms with van der Waals surface area (Å²) in [6.07, 6.45) is 0. The number of rotatable bonds is 5. The average Bonchev–Trinajstić information content (AvgIpc) is 2.70. The van der Waals surface area contributed by atoms with Gasteiger partial charge < -0.3 is 24.9 Å². The zero-order chi connectivity index (χ0) is 15.7. The van der Waals surface area contributed by atoms with E-state index >= 15 is 0 Å². The summed E-state index contributed by atoms with van der Waals surface area (Å²) in [6, 6.07) is 3.34. The number of fused-ring (bicyclic) bond motifs is 1. The monoisotopic (exact) mass is 292 g/mol. The number of aryl methyl sites for hydroxylation is 1. The highest BCUT2D eigenvalue weighted by atomic mass is 16.5. The predicted molar refractivity (Wildman–Crippen MR) is 75.9 cm³/mol. The lowest BCUT2D eigenvalue weighted by Gasteiger charge is -2.10. The van der Waals surface area contributed by atoms with Crippen molar-refractivity contribution in [3.05, 3.63) is 23.4 Å². The van der Waals surface area contributed by atoms with Crippen molar-refractivity contribution in [3.63, 3.8) is 0 Å². The summed E-state index contributed by atoms with van der Waals surface area (Å²) in [6.45, 7) is 1.43. The van der Waals surface area contributed by atoms with E-state index < -0.39 is 11.9 Å². The molecule has 21 heavy (non-hydrogen) atoms. The molecule has 0 spiro atoms. The van der Waals surface area contributed by atoms with Gasteiger partial charge in [0.05, 0.1) is 19.7 Å². The molecule has 0 aliphatic rings. The summed E-state index contributed by atoms with van der Waals surface area (Å²) in [4.78, 5) is 22.8. The number of amides is 1. The van der Waals surface area contributed by atoms with Gasteiger partial charge in [0.2, 0.25) is 5.91 Å². The maximum absolute atomic E-state index is 11.5. The molecule has 0 saturated carbocycles. The lowest BCUT2D eigenvalue weighted by Crippen LogP contribution is -2.21. The second-order valence-corrected chi connectivity index (χ2v) is 4.56. The quantitative estimate of drug-likeness (QED) is 0.860. The number of carbonyl (C=O) groups excluding carboxylic acids is 1. The van der Waals surface area contributed by atoms with Gasteiger partial charge in [-0.1, -0.05) is 0 Å². The Bertz CT molecular complexity index is 733. The average molecular weight is 292 g/mol. The number of primary amides is 1. The molecule has 1 aromatic carbocycles. The van der Waals surface area contributed by atoms with E-state index in [9.17, 15) is 14.7 Å². The fraction of sp³-hybridized carbons (Fsp3) is 0.286. The van der Waals surface area contributed by atoms with E-state index in [1.807, 2.05) is 0 Å². The number of methoxy groups -OCH3 is 2. The smallest absolute Gasteiger partial charge is 0.352 e. The number of hydrogen-bond donors (Lipinski definition) is 2. The molecular weight excluding hydrogens is 276 g/mol. The third kappa shape index (κ3) is 2.37. The van der Waals surface area contributed by atoms with Gasteiger partial charge in [-0.15, -0.1) is 0 Å². The lowest BCUT2D eigenvalue weighted by atomic mass is 10.1. The molecule has 2 aromatic rings. The number of nitrogens with zero attached hydrogens (tertiary/aromatic N) is 1. The van der Waals surface area contributed by atoms with Crippen molar-refractivity contribution in [1.82, 2.24) is 4.57 Å². The molecular formula is C14H16N2O5. The van der Waals surface area contributed by atoms with Gasteiger partial charge in [-0.05, 0) is 18.6 Å². The first-order chi connectivity index (χ1) is 9.90. The van der Waals surface area contributed by atoms with Crippen LogP contribution in [0.5, 0.6) is 11.5 Å². The van der Waals surface area contributed by atoms with Crippen molar-refractivity contribution in [2.24, 2.45) is 5.73 Å². The molecule has 7 heteroatoms. The molecule has 7 nitrogen and oxygen atoms in total. The first-order valence-corrected chi connectivity index (χ1v) is 6.17. The van der Waals surface area contributed by atoms with E-state index in [-0.39, 0.29) is 12.2 Å². The fourth-order valence-electron chi connectivity index (χ4n) is 2.45. The van der Waals surface area contributed by atoms with Crippen LogP contribution in [0.4, 0.5) is 0 Å². The van der Waals surface area contributed by atoms with Gasteiger partial charge in [0.25, 0.3) is 0 Å². The van der Waals surface area contributed by atoms with Crippen molar-refractivity contribution in [3.8, 4) is 11.5 Å². The normalized spacial score (nSPS) is 10.6. The molecule has 2 rings (SSSR count). The van der Waals surface area contributed by atoms with Gasteiger partial charge in [0.15, 0.2) is 0 Å². The summed E-state index contributed by atoms with van der Waals surface area (Å²) in [5.41, 5.74) is 6.26. The lowest BCUT2D eigenvalue weighted by molar-refractivity contribution is -0.118. The molecule has 0 fully saturated rings. The number of carbonyl (C=O) groups is 2.